The van der Waals surface area contributed by atoms with Crippen LogP contribution in [0.3, 0.4) is 0 Å². The van der Waals surface area contributed by atoms with Gasteiger partial charge in [0.2, 0.25) is 17.7 Å². The van der Waals surface area contributed by atoms with E-state index in [1.165, 1.54) is 0 Å². The van der Waals surface area contributed by atoms with Crippen LogP contribution in [0.25, 0.3) is 0 Å². The van der Waals surface area contributed by atoms with Crippen molar-refractivity contribution in [3.8, 4) is 0 Å². The van der Waals surface area contributed by atoms with Gasteiger partial charge in [-0.25, -0.2) is 14.5 Å². The van der Waals surface area contributed by atoms with Crippen molar-refractivity contribution < 1.29 is 67.0 Å². The van der Waals surface area contributed by atoms with Gasteiger partial charge in [0.25, 0.3) is 0 Å². The van der Waals surface area contributed by atoms with Gasteiger partial charge in [-0.3, -0.25) is 43.2 Å². The number of carbonyl (C=O) groups is 11. The summed E-state index contributed by atoms with van der Waals surface area (Å²) in [6, 6.07) is -1.16. The molecule has 0 aromatic rings. The van der Waals surface area contributed by atoms with Gasteiger partial charge < -0.3 is 40.8 Å². The van der Waals surface area contributed by atoms with Crippen molar-refractivity contribution in [3.63, 3.8) is 0 Å². The van der Waals surface area contributed by atoms with Crippen molar-refractivity contribution in [3.05, 3.63) is 0 Å². The number of carbonyl (C=O) groups excluding carboxylic acids is 11. The normalized spacial score (nSPS) is 12.0. The maximum atomic E-state index is 13.2. The van der Waals surface area contributed by atoms with Crippen molar-refractivity contribution in [2.45, 2.75) is 119 Å². The molecule has 0 aliphatic carbocycles. The molecule has 61 heavy (non-hydrogen) atoms. The van der Waals surface area contributed by atoms with Gasteiger partial charge in [0.1, 0.15) is 0 Å². The SMILES string of the molecule is CCOC(=O)[C@H](C(C)=O)C(=O)NCCCCCCNC(=O)N(CCCCCCNC(=O)[C@H](C(C)=O)C(=O)OCC)C(=O)NCCCCCCNC(=O)[C@@H](C(C)=O)C(=O)OCC. The zero-order chi connectivity index (χ0) is 46.2. The number of nitrogens with one attached hydrogen (secondary N) is 5. The molecule has 0 aliphatic rings. The Morgan fingerprint density at radius 3 is 0.869 bits per heavy atom. The van der Waals surface area contributed by atoms with Crippen molar-refractivity contribution in [1.29, 1.82) is 0 Å². The highest BCUT2D eigenvalue weighted by Crippen LogP contribution is 2.08. The Hall–Kier alpha value is -5.43. The van der Waals surface area contributed by atoms with Crippen LogP contribution in [0.15, 0.2) is 0 Å². The molecule has 0 rings (SSSR count). The molecule has 0 aliphatic heterocycles. The van der Waals surface area contributed by atoms with Gasteiger partial charge in [0.15, 0.2) is 35.1 Å². The van der Waals surface area contributed by atoms with E-state index in [0.29, 0.717) is 77.0 Å². The van der Waals surface area contributed by atoms with Crippen LogP contribution in [0.1, 0.15) is 119 Å². The van der Waals surface area contributed by atoms with E-state index in [0.717, 1.165) is 25.7 Å². The number of Topliss-reactive ketones (excluding diaryl/α,β-unsaturated/α-hetero) is 3. The molecule has 20 nitrogen and oxygen atoms in total. The third kappa shape index (κ3) is 23.8. The molecular weight excluding hydrogens is 800 g/mol. The smallest absolute Gasteiger partial charge is 0.326 e. The predicted octanol–water partition coefficient (Wildman–Crippen LogP) is 2.04. The number of imide groups is 1. The first-order valence-corrected chi connectivity index (χ1v) is 21.2. The van der Waals surface area contributed by atoms with Gasteiger partial charge in [0, 0.05) is 39.3 Å². The van der Waals surface area contributed by atoms with Gasteiger partial charge in [-0.1, -0.05) is 38.5 Å². The molecule has 5 N–H and O–H groups in total. The predicted molar refractivity (Wildman–Crippen MR) is 220 cm³/mol. The standard InChI is InChI=1S/C41H68N6O14/c1-7-59-37(54)31(28(4)48)34(51)42-22-16-10-12-19-25-45-40(57)47(27-21-15-14-18-24-44-36(53)33(30(6)50)39(56)61-9-3)41(58)46-26-20-13-11-17-23-43-35(52)32(29(5)49)38(55)60-8-2/h31-33H,7-27H2,1-6H3,(H,42,51)(H,43,52)(H,44,53)(H,45,57)(H,46,58)/t31-,32-,33+/m1/s1. The lowest BCUT2D eigenvalue weighted by Gasteiger charge is -2.22. The number of esters is 3. The number of unbranched alkanes of at least 4 members (excludes halogenated alkanes) is 9. The van der Waals surface area contributed by atoms with Crippen LogP contribution in [0.4, 0.5) is 9.59 Å². The second-order valence-electron chi connectivity index (χ2n) is 14.1. The van der Waals surface area contributed by atoms with Crippen LogP contribution < -0.4 is 26.6 Å². The molecule has 0 aromatic heterocycles. The molecule has 0 saturated heterocycles. The quantitative estimate of drug-likeness (QED) is 0.0273. The maximum absolute atomic E-state index is 13.2. The van der Waals surface area contributed by atoms with E-state index < -0.39 is 82.8 Å². The first-order valence-electron chi connectivity index (χ1n) is 21.2. The van der Waals surface area contributed by atoms with Gasteiger partial charge in [0.05, 0.1) is 19.8 Å². The van der Waals surface area contributed by atoms with Crippen LogP contribution in [0, 0.1) is 17.8 Å². The average molecular weight is 869 g/mol. The van der Waals surface area contributed by atoms with E-state index >= 15 is 0 Å². The lowest BCUT2D eigenvalue weighted by molar-refractivity contribution is -0.157. The Kier molecular flexibility index (Phi) is 30.3. The topological polar surface area (TPSA) is 279 Å². The first kappa shape index (κ1) is 55.6. The summed E-state index contributed by atoms with van der Waals surface area (Å²) < 4.78 is 14.4. The van der Waals surface area contributed by atoms with E-state index in [9.17, 15) is 52.7 Å². The molecule has 0 bridgehead atoms. The average Bonchev–Trinajstić information content (AvgIpc) is 3.17. The number of hydrogen-bond donors (Lipinski definition) is 5. The van der Waals surface area contributed by atoms with Crippen molar-refractivity contribution in [2.24, 2.45) is 17.8 Å². The summed E-state index contributed by atoms with van der Waals surface area (Å²) >= 11 is 0. The van der Waals surface area contributed by atoms with Crippen molar-refractivity contribution in [2.75, 3.05) is 59.1 Å². The summed E-state index contributed by atoms with van der Waals surface area (Å²) in [4.78, 5) is 136. The fourth-order valence-corrected chi connectivity index (χ4v) is 5.82. The number of ether oxygens (including phenoxy) is 3. The Bertz CT molecular complexity index is 1400. The molecule has 0 heterocycles. The van der Waals surface area contributed by atoms with Gasteiger partial charge >= 0.3 is 30.0 Å². The largest absolute Gasteiger partial charge is 0.465 e. The number of urea groups is 2. The second-order valence-corrected chi connectivity index (χ2v) is 14.1. The van der Waals surface area contributed by atoms with Gasteiger partial charge in [-0.05, 0) is 80.1 Å². The Balaban J connectivity index is 4.94. The van der Waals surface area contributed by atoms with Crippen LogP contribution >= 0.6 is 0 Å². The second kappa shape index (κ2) is 33.3. The summed E-state index contributed by atoms with van der Waals surface area (Å²) in [5, 5.41) is 13.3. The molecule has 3 atom stereocenters. The molecule has 0 saturated carbocycles. The highest BCUT2D eigenvalue weighted by molar-refractivity contribution is 6.17. The summed E-state index contributed by atoms with van der Waals surface area (Å²) in [5.74, 6) is -11.2. The van der Waals surface area contributed by atoms with E-state index in [-0.39, 0.29) is 59.1 Å². The molecule has 7 amide bonds. The zero-order valence-corrected chi connectivity index (χ0v) is 36.7. The summed E-state index contributed by atoms with van der Waals surface area (Å²) in [6.45, 7) is 9.67. The minimum Gasteiger partial charge on any atom is -0.465 e. The molecule has 20 heteroatoms. The molecular formula is C41H68N6O14. The Morgan fingerprint density at radius 2 is 0.623 bits per heavy atom. The van der Waals surface area contributed by atoms with Gasteiger partial charge in [-0.2, -0.15) is 0 Å². The van der Waals surface area contributed by atoms with Crippen molar-refractivity contribution >= 4 is 65.0 Å². The minimum absolute atomic E-state index is 0.0346. The molecule has 0 spiro atoms. The highest BCUT2D eigenvalue weighted by Gasteiger charge is 2.34. The van der Waals surface area contributed by atoms with Crippen molar-refractivity contribution in [1.82, 2.24) is 31.5 Å². The van der Waals surface area contributed by atoms with E-state index in [2.05, 4.69) is 26.6 Å². The molecule has 0 aromatic carbocycles. The van der Waals surface area contributed by atoms with Crippen LogP contribution in [0.5, 0.6) is 0 Å². The van der Waals surface area contributed by atoms with E-state index in [4.69, 9.17) is 14.2 Å². The number of nitrogens with zero attached hydrogens (tertiary/aromatic N) is 1. The maximum Gasteiger partial charge on any atom is 0.326 e. The third-order valence-corrected chi connectivity index (χ3v) is 9.03. The lowest BCUT2D eigenvalue weighted by Crippen LogP contribution is -2.49. The van der Waals surface area contributed by atoms with Crippen LogP contribution in [0.2, 0.25) is 0 Å². The lowest BCUT2D eigenvalue weighted by atomic mass is 10.0. The molecule has 346 valence electrons. The Labute approximate surface area is 358 Å². The monoisotopic (exact) mass is 868 g/mol. The van der Waals surface area contributed by atoms with Crippen LogP contribution in [-0.4, -0.2) is 129 Å². The highest BCUT2D eigenvalue weighted by atomic mass is 16.5. The first-order chi connectivity index (χ1) is 29.0. The van der Waals surface area contributed by atoms with E-state index in [1.54, 1.807) is 20.8 Å². The molecule has 0 unspecified atom stereocenters. The van der Waals surface area contributed by atoms with E-state index in [1.807, 2.05) is 0 Å². The Morgan fingerprint density at radius 1 is 0.377 bits per heavy atom. The van der Waals surface area contributed by atoms with Crippen LogP contribution in [-0.2, 0) is 57.4 Å². The summed E-state index contributed by atoms with van der Waals surface area (Å²) in [6.07, 6.45) is 7.26. The molecule has 0 fully saturated rings. The fraction of sp³-hybridized carbons (Fsp3) is 0.732. The third-order valence-electron chi connectivity index (χ3n) is 9.03. The number of amides is 7. The number of ketones is 3. The summed E-state index contributed by atoms with van der Waals surface area (Å²) in [7, 11) is 0. The van der Waals surface area contributed by atoms with Gasteiger partial charge in [-0.15, -0.1) is 0 Å². The fourth-order valence-electron chi connectivity index (χ4n) is 5.82. The number of rotatable bonds is 33. The minimum atomic E-state index is -1.53. The summed E-state index contributed by atoms with van der Waals surface area (Å²) in [5.41, 5.74) is 0. The number of hydrogen-bond acceptors (Lipinski definition) is 14. The molecule has 0 radical (unpaired) electrons. The zero-order valence-electron chi connectivity index (χ0n) is 36.7.